The summed E-state index contributed by atoms with van der Waals surface area (Å²) in [6, 6.07) is 18.3. The van der Waals surface area contributed by atoms with E-state index in [4.69, 9.17) is 5.73 Å². The van der Waals surface area contributed by atoms with Crippen LogP contribution in [0.4, 0.5) is 0 Å². The second kappa shape index (κ2) is 6.81. The molecule has 0 bridgehead atoms. The minimum atomic E-state index is 0.640. The molecule has 0 saturated carbocycles. The van der Waals surface area contributed by atoms with Gasteiger partial charge in [0, 0.05) is 6.54 Å². The molecule has 0 heterocycles. The summed E-state index contributed by atoms with van der Waals surface area (Å²) in [4.78, 5) is 0. The molecular formula is C15H19N. The second-order valence-corrected chi connectivity index (χ2v) is 3.77. The Morgan fingerprint density at radius 1 is 0.750 bits per heavy atom. The van der Waals surface area contributed by atoms with Gasteiger partial charge in [0.1, 0.15) is 0 Å². The largest absolute Gasteiger partial charge is 0.326 e. The van der Waals surface area contributed by atoms with Crippen molar-refractivity contribution in [2.45, 2.75) is 20.4 Å². The molecule has 16 heavy (non-hydrogen) atoms. The van der Waals surface area contributed by atoms with Gasteiger partial charge in [-0.2, -0.15) is 0 Å². The van der Waals surface area contributed by atoms with Crippen LogP contribution in [0.1, 0.15) is 16.7 Å². The highest BCUT2D eigenvalue weighted by molar-refractivity contribution is 5.23. The van der Waals surface area contributed by atoms with Gasteiger partial charge in [0.15, 0.2) is 0 Å². The second-order valence-electron chi connectivity index (χ2n) is 3.77. The molecular weight excluding hydrogens is 194 g/mol. The van der Waals surface area contributed by atoms with Gasteiger partial charge in [0.05, 0.1) is 0 Å². The van der Waals surface area contributed by atoms with E-state index in [9.17, 15) is 0 Å². The maximum atomic E-state index is 5.35. The Labute approximate surface area is 97.9 Å². The molecule has 0 aliphatic heterocycles. The fourth-order valence-electron chi connectivity index (χ4n) is 1.28. The van der Waals surface area contributed by atoms with Crippen molar-refractivity contribution >= 4 is 0 Å². The van der Waals surface area contributed by atoms with Crippen molar-refractivity contribution in [2.24, 2.45) is 5.73 Å². The summed E-state index contributed by atoms with van der Waals surface area (Å²) in [5, 5.41) is 0. The van der Waals surface area contributed by atoms with E-state index in [1.807, 2.05) is 30.3 Å². The van der Waals surface area contributed by atoms with Crippen molar-refractivity contribution in [2.75, 3.05) is 0 Å². The van der Waals surface area contributed by atoms with E-state index in [1.54, 1.807) is 0 Å². The molecule has 0 atom stereocenters. The van der Waals surface area contributed by atoms with Crippen LogP contribution in [0.2, 0.25) is 0 Å². The summed E-state index contributed by atoms with van der Waals surface area (Å²) in [5.41, 5.74) is 9.27. The van der Waals surface area contributed by atoms with Crippen molar-refractivity contribution < 1.29 is 0 Å². The van der Waals surface area contributed by atoms with E-state index in [2.05, 4.69) is 38.1 Å². The molecule has 0 radical (unpaired) electrons. The average Bonchev–Trinajstić information content (AvgIpc) is 2.35. The Hall–Kier alpha value is -1.60. The molecule has 0 saturated heterocycles. The van der Waals surface area contributed by atoms with Crippen LogP contribution in [-0.4, -0.2) is 0 Å². The SMILES string of the molecule is Cc1ccccc1C.NCc1ccccc1. The van der Waals surface area contributed by atoms with Gasteiger partial charge in [-0.3, -0.25) is 0 Å². The van der Waals surface area contributed by atoms with Gasteiger partial charge in [0.25, 0.3) is 0 Å². The molecule has 0 unspecified atom stereocenters. The van der Waals surface area contributed by atoms with Crippen molar-refractivity contribution in [3.63, 3.8) is 0 Å². The molecule has 0 fully saturated rings. The summed E-state index contributed by atoms with van der Waals surface area (Å²) in [6.45, 7) is 4.88. The van der Waals surface area contributed by atoms with Gasteiger partial charge in [-0.1, -0.05) is 54.6 Å². The molecule has 2 rings (SSSR count). The lowest BCUT2D eigenvalue weighted by Crippen LogP contribution is -1.94. The van der Waals surface area contributed by atoms with E-state index in [0.717, 1.165) is 0 Å². The van der Waals surface area contributed by atoms with Gasteiger partial charge >= 0.3 is 0 Å². The van der Waals surface area contributed by atoms with E-state index in [0.29, 0.717) is 6.54 Å². The first-order chi connectivity index (χ1) is 7.74. The number of rotatable bonds is 1. The Balaban J connectivity index is 0.000000160. The fourth-order valence-corrected chi connectivity index (χ4v) is 1.28. The zero-order valence-electron chi connectivity index (χ0n) is 9.98. The smallest absolute Gasteiger partial charge is 0.0178 e. The summed E-state index contributed by atoms with van der Waals surface area (Å²) >= 11 is 0. The molecule has 2 N–H and O–H groups in total. The maximum Gasteiger partial charge on any atom is 0.0178 e. The van der Waals surface area contributed by atoms with Crippen LogP contribution in [0.25, 0.3) is 0 Å². The Kier molecular flexibility index (Phi) is 5.30. The lowest BCUT2D eigenvalue weighted by molar-refractivity contribution is 1.07. The lowest BCUT2D eigenvalue weighted by Gasteiger charge is -1.93. The average molecular weight is 213 g/mol. The standard InChI is InChI=1S/C8H10.C7H9N/c1-7-5-3-4-6-8(7)2;8-6-7-4-2-1-3-5-7/h3-6H,1-2H3;1-5H,6,8H2. The number of benzene rings is 2. The molecule has 0 aliphatic carbocycles. The molecule has 2 aromatic rings. The Morgan fingerprint density at radius 3 is 1.50 bits per heavy atom. The van der Waals surface area contributed by atoms with Crippen molar-refractivity contribution in [3.05, 3.63) is 71.3 Å². The van der Waals surface area contributed by atoms with E-state index in [1.165, 1.54) is 16.7 Å². The number of nitrogens with two attached hydrogens (primary N) is 1. The number of hydrogen-bond donors (Lipinski definition) is 1. The van der Waals surface area contributed by atoms with Crippen LogP contribution in [0.15, 0.2) is 54.6 Å². The van der Waals surface area contributed by atoms with Crippen LogP contribution < -0.4 is 5.73 Å². The van der Waals surface area contributed by atoms with Crippen molar-refractivity contribution in [3.8, 4) is 0 Å². The van der Waals surface area contributed by atoms with E-state index in [-0.39, 0.29) is 0 Å². The van der Waals surface area contributed by atoms with Gasteiger partial charge in [0.2, 0.25) is 0 Å². The van der Waals surface area contributed by atoms with E-state index >= 15 is 0 Å². The zero-order valence-corrected chi connectivity index (χ0v) is 9.98. The molecule has 0 spiro atoms. The van der Waals surface area contributed by atoms with Crippen LogP contribution in [0, 0.1) is 13.8 Å². The summed E-state index contributed by atoms with van der Waals surface area (Å²) in [7, 11) is 0. The molecule has 0 amide bonds. The van der Waals surface area contributed by atoms with Crippen LogP contribution in [0.5, 0.6) is 0 Å². The first kappa shape index (κ1) is 12.5. The van der Waals surface area contributed by atoms with Crippen molar-refractivity contribution in [1.82, 2.24) is 0 Å². The van der Waals surface area contributed by atoms with Crippen LogP contribution in [-0.2, 0) is 6.54 Å². The first-order valence-corrected chi connectivity index (χ1v) is 5.50. The summed E-state index contributed by atoms with van der Waals surface area (Å²) in [5.74, 6) is 0. The first-order valence-electron chi connectivity index (χ1n) is 5.50. The summed E-state index contributed by atoms with van der Waals surface area (Å²) in [6.07, 6.45) is 0. The number of hydrogen-bond acceptors (Lipinski definition) is 1. The van der Waals surface area contributed by atoms with Crippen LogP contribution in [0.3, 0.4) is 0 Å². The molecule has 0 aromatic heterocycles. The third-order valence-corrected chi connectivity index (χ3v) is 2.50. The highest BCUT2D eigenvalue weighted by Gasteiger charge is 1.83. The summed E-state index contributed by atoms with van der Waals surface area (Å²) < 4.78 is 0. The van der Waals surface area contributed by atoms with E-state index < -0.39 is 0 Å². The van der Waals surface area contributed by atoms with Crippen molar-refractivity contribution in [1.29, 1.82) is 0 Å². The molecule has 1 nitrogen and oxygen atoms in total. The topological polar surface area (TPSA) is 26.0 Å². The fraction of sp³-hybridized carbons (Fsp3) is 0.200. The molecule has 1 heteroatoms. The van der Waals surface area contributed by atoms with Gasteiger partial charge in [-0.05, 0) is 30.5 Å². The normalized spacial score (nSPS) is 9.19. The number of aryl methyl sites for hydroxylation is 2. The quantitative estimate of drug-likeness (QED) is 0.771. The Bertz CT molecular complexity index is 386. The Morgan fingerprint density at radius 2 is 1.19 bits per heavy atom. The lowest BCUT2D eigenvalue weighted by atomic mass is 10.1. The predicted octanol–water partition coefficient (Wildman–Crippen LogP) is 3.45. The third-order valence-electron chi connectivity index (χ3n) is 2.50. The monoisotopic (exact) mass is 213 g/mol. The maximum absolute atomic E-state index is 5.35. The van der Waals surface area contributed by atoms with Gasteiger partial charge in [-0.15, -0.1) is 0 Å². The highest BCUT2D eigenvalue weighted by Crippen LogP contribution is 2.02. The van der Waals surface area contributed by atoms with Crippen LogP contribution >= 0.6 is 0 Å². The molecule has 2 aromatic carbocycles. The van der Waals surface area contributed by atoms with Gasteiger partial charge in [-0.25, -0.2) is 0 Å². The highest BCUT2D eigenvalue weighted by atomic mass is 14.5. The minimum absolute atomic E-state index is 0.640. The third kappa shape index (κ3) is 4.28. The molecule has 84 valence electrons. The van der Waals surface area contributed by atoms with Gasteiger partial charge < -0.3 is 5.73 Å². The predicted molar refractivity (Wildman–Crippen MR) is 70.2 cm³/mol. The zero-order chi connectivity index (χ0) is 11.8. The molecule has 0 aliphatic rings. The minimum Gasteiger partial charge on any atom is -0.326 e.